The second kappa shape index (κ2) is 9.66. The van der Waals surface area contributed by atoms with Crippen LogP contribution < -0.4 is 4.74 Å². The summed E-state index contributed by atoms with van der Waals surface area (Å²) in [5.41, 5.74) is 1.77. The maximum absolute atomic E-state index is 13.9. The number of esters is 1. The van der Waals surface area contributed by atoms with E-state index >= 15 is 0 Å². The first-order chi connectivity index (χ1) is 19.9. The molecule has 2 aliphatic heterocycles. The summed E-state index contributed by atoms with van der Waals surface area (Å²) in [5.74, 6) is -7.13. The molecule has 204 valence electrons. The first-order valence-electron chi connectivity index (χ1n) is 13.7. The van der Waals surface area contributed by atoms with Gasteiger partial charge in [0, 0.05) is 17.4 Å². The maximum Gasteiger partial charge on any atom is 0.339 e. The molecular formula is C33H26N2O6. The molecule has 3 aliphatic carbocycles. The lowest BCUT2D eigenvalue weighted by Gasteiger charge is -2.46. The normalized spacial score (nSPS) is 28.0. The fourth-order valence-corrected chi connectivity index (χ4v) is 7.18. The van der Waals surface area contributed by atoms with Crippen LogP contribution in [0.15, 0.2) is 103 Å². The molecule has 0 spiro atoms. The summed E-state index contributed by atoms with van der Waals surface area (Å²) in [6.07, 6.45) is 1.63. The number of allylic oxidation sites excluding steroid dienone is 1. The van der Waals surface area contributed by atoms with Crippen molar-refractivity contribution in [2.24, 2.45) is 35.5 Å². The molecule has 2 heterocycles. The first kappa shape index (κ1) is 25.1. The molecule has 2 saturated heterocycles. The van der Waals surface area contributed by atoms with E-state index in [0.717, 1.165) is 11.1 Å². The molecule has 3 aromatic carbocycles. The summed E-state index contributed by atoms with van der Waals surface area (Å²) < 4.78 is 5.65. The molecule has 8 nitrogen and oxygen atoms in total. The molecule has 8 rings (SSSR count). The van der Waals surface area contributed by atoms with Gasteiger partial charge < -0.3 is 4.74 Å². The molecule has 0 N–H and O–H groups in total. The summed E-state index contributed by atoms with van der Waals surface area (Å²) in [7, 11) is 0. The van der Waals surface area contributed by atoms with Crippen LogP contribution in [-0.2, 0) is 37.1 Å². The topological polar surface area (TPSA) is 101 Å². The predicted molar refractivity (Wildman–Crippen MR) is 145 cm³/mol. The molecule has 3 fully saturated rings. The van der Waals surface area contributed by atoms with Crippen LogP contribution in [0.4, 0.5) is 0 Å². The Morgan fingerprint density at radius 3 is 1.44 bits per heavy atom. The van der Waals surface area contributed by atoms with E-state index in [2.05, 4.69) is 0 Å². The molecular weight excluding hydrogens is 520 g/mol. The number of hydrogen-bond acceptors (Lipinski definition) is 6. The molecule has 0 radical (unpaired) electrons. The second-order valence-electron chi connectivity index (χ2n) is 11.0. The lowest BCUT2D eigenvalue weighted by atomic mass is 9.52. The highest BCUT2D eigenvalue weighted by molar-refractivity contribution is 6.12. The third kappa shape index (κ3) is 3.93. The molecule has 2 bridgehead atoms. The Labute approximate surface area is 236 Å². The number of likely N-dealkylation sites (tertiary alicyclic amines) is 2. The van der Waals surface area contributed by atoms with Crippen molar-refractivity contribution in [2.75, 3.05) is 0 Å². The zero-order valence-corrected chi connectivity index (χ0v) is 22.0. The van der Waals surface area contributed by atoms with Crippen molar-refractivity contribution < 1.29 is 28.7 Å². The minimum atomic E-state index is -0.944. The minimum absolute atomic E-state index is 0.0894. The van der Waals surface area contributed by atoms with E-state index in [1.165, 1.54) is 9.80 Å². The maximum atomic E-state index is 13.9. The van der Waals surface area contributed by atoms with Gasteiger partial charge in [-0.3, -0.25) is 29.0 Å². The Kier molecular flexibility index (Phi) is 5.92. The van der Waals surface area contributed by atoms with Gasteiger partial charge in [-0.15, -0.1) is 0 Å². The molecule has 4 unspecified atom stereocenters. The van der Waals surface area contributed by atoms with Crippen molar-refractivity contribution in [3.63, 3.8) is 0 Å². The lowest BCUT2D eigenvalue weighted by molar-refractivity contribution is -0.142. The number of imide groups is 2. The van der Waals surface area contributed by atoms with Gasteiger partial charge in [-0.2, -0.15) is 0 Å². The van der Waals surface area contributed by atoms with Gasteiger partial charge in [-0.25, -0.2) is 4.79 Å². The molecule has 4 atom stereocenters. The number of ether oxygens (including phenoxy) is 1. The average Bonchev–Trinajstić information content (AvgIpc) is 3.41. The highest BCUT2D eigenvalue weighted by atomic mass is 16.5. The van der Waals surface area contributed by atoms with Crippen LogP contribution in [0.2, 0.25) is 0 Å². The first-order valence-corrected chi connectivity index (χ1v) is 13.7. The third-order valence-corrected chi connectivity index (χ3v) is 8.87. The highest BCUT2D eigenvalue weighted by Gasteiger charge is 2.70. The van der Waals surface area contributed by atoms with Crippen LogP contribution in [-0.4, -0.2) is 39.4 Å². The molecule has 3 aromatic rings. The monoisotopic (exact) mass is 546 g/mol. The number of hydrogen-bond donors (Lipinski definition) is 0. The number of carbonyl (C=O) groups is 5. The van der Waals surface area contributed by atoms with Crippen LogP contribution in [0.3, 0.4) is 0 Å². The second-order valence-corrected chi connectivity index (χ2v) is 11.0. The van der Waals surface area contributed by atoms with Crippen molar-refractivity contribution in [3.05, 3.63) is 114 Å². The largest absolute Gasteiger partial charge is 0.423 e. The summed E-state index contributed by atoms with van der Waals surface area (Å²) in [6, 6.07) is 26.9. The van der Waals surface area contributed by atoms with Crippen LogP contribution in [0.25, 0.3) is 0 Å². The van der Waals surface area contributed by atoms with E-state index in [1.807, 2.05) is 60.7 Å². The van der Waals surface area contributed by atoms with Crippen molar-refractivity contribution in [2.45, 2.75) is 13.1 Å². The SMILES string of the molecule is O=C(Oc1ccccc1)C1=CC2C3C(=O)N(Cc4ccccc4)C(=O)C3C1C1C(=O)N(Cc3ccccc3)C(=O)C21. The standard InChI is InChI=1S/C33H26N2O6/c36-29-25-22-16-23(33(40)41-21-14-8-3-9-15-21)24(27(25)31(38)34(29)17-19-10-4-1-5-11-19)28-26(22)30(37)35(32(28)39)18-20-12-6-2-7-13-20/h1-16,22,24-28H,17-18H2. The molecule has 4 amide bonds. The van der Waals surface area contributed by atoms with Gasteiger partial charge in [0.25, 0.3) is 0 Å². The Morgan fingerprint density at radius 2 is 0.976 bits per heavy atom. The number of rotatable bonds is 6. The number of nitrogens with zero attached hydrogens (tertiary/aromatic N) is 2. The number of benzene rings is 3. The van der Waals surface area contributed by atoms with E-state index in [-0.39, 0.29) is 30.5 Å². The fraction of sp³-hybridized carbons (Fsp3) is 0.242. The van der Waals surface area contributed by atoms with Crippen molar-refractivity contribution in [3.8, 4) is 5.75 Å². The van der Waals surface area contributed by atoms with Crippen molar-refractivity contribution in [1.29, 1.82) is 0 Å². The predicted octanol–water partition coefficient (Wildman–Crippen LogP) is 3.38. The quantitative estimate of drug-likeness (QED) is 0.267. The van der Waals surface area contributed by atoms with E-state index in [1.54, 1.807) is 36.4 Å². The summed E-state index contributed by atoms with van der Waals surface area (Å²) in [5, 5.41) is 0. The van der Waals surface area contributed by atoms with Gasteiger partial charge in [0.2, 0.25) is 23.6 Å². The molecule has 5 aliphatic rings. The Balaban J connectivity index is 1.27. The molecule has 1 saturated carbocycles. The number of para-hydroxylation sites is 1. The van der Waals surface area contributed by atoms with E-state index in [4.69, 9.17) is 4.74 Å². The number of carbonyl (C=O) groups excluding carboxylic acids is 5. The summed E-state index contributed by atoms with van der Waals surface area (Å²) in [6.45, 7) is 0.179. The van der Waals surface area contributed by atoms with Gasteiger partial charge in [0.05, 0.1) is 36.8 Å². The van der Waals surface area contributed by atoms with Crippen LogP contribution in [0.5, 0.6) is 5.75 Å². The van der Waals surface area contributed by atoms with Gasteiger partial charge in [0.1, 0.15) is 5.75 Å². The zero-order chi connectivity index (χ0) is 28.2. The van der Waals surface area contributed by atoms with Gasteiger partial charge >= 0.3 is 5.97 Å². The summed E-state index contributed by atoms with van der Waals surface area (Å²) >= 11 is 0. The van der Waals surface area contributed by atoms with Crippen LogP contribution >= 0.6 is 0 Å². The van der Waals surface area contributed by atoms with Crippen molar-refractivity contribution in [1.82, 2.24) is 9.80 Å². The lowest BCUT2D eigenvalue weighted by Crippen LogP contribution is -2.53. The zero-order valence-electron chi connectivity index (χ0n) is 22.0. The van der Waals surface area contributed by atoms with E-state index in [0.29, 0.717) is 5.75 Å². The van der Waals surface area contributed by atoms with Gasteiger partial charge in [-0.05, 0) is 23.3 Å². The fourth-order valence-electron chi connectivity index (χ4n) is 7.18. The minimum Gasteiger partial charge on any atom is -0.423 e. The molecule has 8 heteroatoms. The van der Waals surface area contributed by atoms with Crippen LogP contribution in [0, 0.1) is 35.5 Å². The molecule has 0 aromatic heterocycles. The Hall–Kier alpha value is -4.85. The average molecular weight is 547 g/mol. The van der Waals surface area contributed by atoms with E-state index < -0.39 is 53.3 Å². The Bertz CT molecular complexity index is 1520. The van der Waals surface area contributed by atoms with Crippen molar-refractivity contribution >= 4 is 29.6 Å². The number of amides is 4. The van der Waals surface area contributed by atoms with Gasteiger partial charge in [-0.1, -0.05) is 84.9 Å². The molecule has 41 heavy (non-hydrogen) atoms. The third-order valence-electron chi connectivity index (χ3n) is 8.87. The summed E-state index contributed by atoms with van der Waals surface area (Å²) in [4.78, 5) is 71.5. The Morgan fingerprint density at radius 1 is 0.561 bits per heavy atom. The van der Waals surface area contributed by atoms with E-state index in [9.17, 15) is 24.0 Å². The highest BCUT2D eigenvalue weighted by Crippen LogP contribution is 2.60. The smallest absolute Gasteiger partial charge is 0.339 e. The van der Waals surface area contributed by atoms with Crippen LogP contribution in [0.1, 0.15) is 11.1 Å². The van der Waals surface area contributed by atoms with Gasteiger partial charge in [0.15, 0.2) is 0 Å².